The number of nitrogens with two attached hydrogens (primary N) is 2. The number of hydrogen-bond acceptors (Lipinski definition) is 3. The minimum Gasteiger partial charge on any atom is -0.399 e. The van der Waals surface area contributed by atoms with Crippen molar-refractivity contribution in [3.63, 3.8) is 0 Å². The number of anilines is 1. The lowest BCUT2D eigenvalue weighted by atomic mass is 9.89. The molecule has 0 radical (unpaired) electrons. The third kappa shape index (κ3) is 1.69. The highest BCUT2D eigenvalue weighted by atomic mass is 15.3. The summed E-state index contributed by atoms with van der Waals surface area (Å²) in [6.45, 7) is 0. The molecule has 18 heavy (non-hydrogen) atoms. The van der Waals surface area contributed by atoms with E-state index < -0.39 is 0 Å². The average molecular weight is 242 g/mol. The Morgan fingerprint density at radius 1 is 1.39 bits per heavy atom. The van der Waals surface area contributed by atoms with E-state index in [0.717, 1.165) is 36.2 Å². The fraction of sp³-hybridized carbons (Fsp3) is 0.357. The van der Waals surface area contributed by atoms with E-state index in [4.69, 9.17) is 11.5 Å². The van der Waals surface area contributed by atoms with Crippen LogP contribution in [0.4, 0.5) is 5.69 Å². The van der Waals surface area contributed by atoms with Gasteiger partial charge in [-0.1, -0.05) is 12.1 Å². The normalized spacial score (nSPS) is 18.7. The van der Waals surface area contributed by atoms with Crippen molar-refractivity contribution in [1.82, 2.24) is 9.78 Å². The number of fused-ring (bicyclic) bond motifs is 1. The van der Waals surface area contributed by atoms with Crippen molar-refractivity contribution >= 4 is 5.69 Å². The topological polar surface area (TPSA) is 69.9 Å². The summed E-state index contributed by atoms with van der Waals surface area (Å²) in [6.07, 6.45) is 3.24. The lowest BCUT2D eigenvalue weighted by molar-refractivity contribution is 0.548. The third-order valence-electron chi connectivity index (χ3n) is 3.67. The first kappa shape index (κ1) is 11.3. The van der Waals surface area contributed by atoms with E-state index in [0.29, 0.717) is 0 Å². The Bertz CT molecular complexity index is 585. The van der Waals surface area contributed by atoms with Crippen LogP contribution >= 0.6 is 0 Å². The summed E-state index contributed by atoms with van der Waals surface area (Å²) >= 11 is 0. The van der Waals surface area contributed by atoms with Gasteiger partial charge in [-0.05, 0) is 31.4 Å². The molecule has 0 aliphatic heterocycles. The fourth-order valence-electron chi connectivity index (χ4n) is 2.79. The largest absolute Gasteiger partial charge is 0.399 e. The molecule has 3 rings (SSSR count). The van der Waals surface area contributed by atoms with E-state index in [2.05, 4.69) is 5.10 Å². The Balaban J connectivity index is 2.18. The molecule has 4 heteroatoms. The first-order valence-corrected chi connectivity index (χ1v) is 6.34. The molecule has 1 unspecified atom stereocenters. The van der Waals surface area contributed by atoms with Gasteiger partial charge in [0.2, 0.25) is 0 Å². The van der Waals surface area contributed by atoms with E-state index in [-0.39, 0.29) is 6.04 Å². The molecule has 4 N–H and O–H groups in total. The van der Waals surface area contributed by atoms with Crippen LogP contribution in [0.25, 0.3) is 11.3 Å². The lowest BCUT2D eigenvalue weighted by Crippen LogP contribution is -2.18. The molecule has 94 valence electrons. The van der Waals surface area contributed by atoms with E-state index in [1.54, 1.807) is 0 Å². The highest BCUT2D eigenvalue weighted by molar-refractivity contribution is 5.68. The predicted molar refractivity (Wildman–Crippen MR) is 72.9 cm³/mol. The summed E-state index contributed by atoms with van der Waals surface area (Å²) < 4.78 is 1.97. The van der Waals surface area contributed by atoms with Crippen LogP contribution in [-0.4, -0.2) is 9.78 Å². The smallest absolute Gasteiger partial charge is 0.0974 e. The molecule has 4 nitrogen and oxygen atoms in total. The van der Waals surface area contributed by atoms with Crippen LogP contribution in [0.3, 0.4) is 0 Å². The maximum Gasteiger partial charge on any atom is 0.0974 e. The highest BCUT2D eigenvalue weighted by Gasteiger charge is 2.25. The van der Waals surface area contributed by atoms with E-state index in [1.165, 1.54) is 11.3 Å². The Labute approximate surface area is 107 Å². The molecular weight excluding hydrogens is 224 g/mol. The van der Waals surface area contributed by atoms with Crippen LogP contribution in [0.15, 0.2) is 24.3 Å². The van der Waals surface area contributed by atoms with Gasteiger partial charge in [0, 0.05) is 35.6 Å². The molecule has 1 aromatic carbocycles. The molecule has 0 spiro atoms. The van der Waals surface area contributed by atoms with E-state index in [9.17, 15) is 0 Å². The Morgan fingerprint density at radius 2 is 2.22 bits per heavy atom. The molecule has 0 saturated carbocycles. The van der Waals surface area contributed by atoms with Gasteiger partial charge >= 0.3 is 0 Å². The third-order valence-corrected chi connectivity index (χ3v) is 3.67. The molecule has 1 aliphatic carbocycles. The van der Waals surface area contributed by atoms with Gasteiger partial charge in [-0.3, -0.25) is 4.68 Å². The van der Waals surface area contributed by atoms with Gasteiger partial charge in [0.1, 0.15) is 0 Å². The molecular formula is C14H18N4. The van der Waals surface area contributed by atoms with E-state index >= 15 is 0 Å². The van der Waals surface area contributed by atoms with Crippen molar-refractivity contribution in [2.45, 2.75) is 25.3 Å². The van der Waals surface area contributed by atoms with Gasteiger partial charge in [-0.15, -0.1) is 0 Å². The van der Waals surface area contributed by atoms with Crippen LogP contribution < -0.4 is 11.5 Å². The number of benzene rings is 1. The SMILES string of the molecule is Cn1nc(-c2cccc(N)c2)c2c1CCCC2N. The molecule has 0 amide bonds. The maximum absolute atomic E-state index is 6.25. The van der Waals surface area contributed by atoms with Crippen molar-refractivity contribution in [2.75, 3.05) is 5.73 Å². The Morgan fingerprint density at radius 3 is 3.00 bits per heavy atom. The highest BCUT2D eigenvalue weighted by Crippen LogP contribution is 2.35. The number of aromatic nitrogens is 2. The van der Waals surface area contributed by atoms with Crippen molar-refractivity contribution in [1.29, 1.82) is 0 Å². The molecule has 2 aromatic rings. The predicted octanol–water partition coefficient (Wildman–Crippen LogP) is 2.01. The summed E-state index contributed by atoms with van der Waals surface area (Å²) in [7, 11) is 1.99. The lowest BCUT2D eigenvalue weighted by Gasteiger charge is -2.20. The van der Waals surface area contributed by atoms with E-state index in [1.807, 2.05) is 36.0 Å². The summed E-state index contributed by atoms with van der Waals surface area (Å²) in [4.78, 5) is 0. The Hall–Kier alpha value is -1.81. The maximum atomic E-state index is 6.25. The molecule has 0 fully saturated rings. The molecule has 0 saturated heterocycles. The number of rotatable bonds is 1. The fourth-order valence-corrected chi connectivity index (χ4v) is 2.79. The second-order valence-corrected chi connectivity index (χ2v) is 4.96. The van der Waals surface area contributed by atoms with Crippen molar-refractivity contribution < 1.29 is 0 Å². The minimum absolute atomic E-state index is 0.0962. The number of aryl methyl sites for hydroxylation is 1. The molecule has 0 bridgehead atoms. The molecule has 1 atom stereocenters. The summed E-state index contributed by atoms with van der Waals surface area (Å²) in [6, 6.07) is 7.95. The zero-order valence-electron chi connectivity index (χ0n) is 10.6. The summed E-state index contributed by atoms with van der Waals surface area (Å²) in [5.41, 5.74) is 17.4. The second-order valence-electron chi connectivity index (χ2n) is 4.96. The number of nitrogens with zero attached hydrogens (tertiary/aromatic N) is 2. The Kier molecular flexibility index (Phi) is 2.59. The zero-order chi connectivity index (χ0) is 12.7. The molecule has 1 aliphatic rings. The van der Waals surface area contributed by atoms with Crippen molar-refractivity contribution in [3.05, 3.63) is 35.5 Å². The number of hydrogen-bond donors (Lipinski definition) is 2. The van der Waals surface area contributed by atoms with Crippen LogP contribution in [-0.2, 0) is 13.5 Å². The van der Waals surface area contributed by atoms with Crippen molar-refractivity contribution in [3.8, 4) is 11.3 Å². The zero-order valence-corrected chi connectivity index (χ0v) is 10.6. The summed E-state index contributed by atoms with van der Waals surface area (Å²) in [5.74, 6) is 0. The number of nitrogen functional groups attached to an aromatic ring is 1. The van der Waals surface area contributed by atoms with Crippen molar-refractivity contribution in [2.24, 2.45) is 12.8 Å². The van der Waals surface area contributed by atoms with Gasteiger partial charge in [-0.2, -0.15) is 5.10 Å². The monoisotopic (exact) mass is 242 g/mol. The molecule has 1 aromatic heterocycles. The first-order chi connectivity index (χ1) is 8.66. The van der Waals surface area contributed by atoms with Gasteiger partial charge in [0.25, 0.3) is 0 Å². The minimum atomic E-state index is 0.0962. The average Bonchev–Trinajstić information content (AvgIpc) is 2.69. The van der Waals surface area contributed by atoms with Gasteiger partial charge in [-0.25, -0.2) is 0 Å². The van der Waals surface area contributed by atoms with Crippen LogP contribution in [0, 0.1) is 0 Å². The van der Waals surface area contributed by atoms with Crippen LogP contribution in [0.5, 0.6) is 0 Å². The first-order valence-electron chi connectivity index (χ1n) is 6.34. The van der Waals surface area contributed by atoms with Crippen LogP contribution in [0.1, 0.15) is 30.1 Å². The standard InChI is InChI=1S/C14H18N4/c1-18-12-7-3-6-11(16)13(12)14(17-18)9-4-2-5-10(15)8-9/h2,4-5,8,11H,3,6-7,15-16H2,1H3. The van der Waals surface area contributed by atoms with Gasteiger partial charge in [0.15, 0.2) is 0 Å². The van der Waals surface area contributed by atoms with Gasteiger partial charge < -0.3 is 11.5 Å². The molecule has 1 heterocycles. The quantitative estimate of drug-likeness (QED) is 0.751. The summed E-state index contributed by atoms with van der Waals surface area (Å²) in [5, 5.41) is 4.64. The second kappa shape index (κ2) is 4.14. The van der Waals surface area contributed by atoms with Crippen LogP contribution in [0.2, 0.25) is 0 Å². The van der Waals surface area contributed by atoms with Gasteiger partial charge in [0.05, 0.1) is 5.69 Å².